The third-order valence-electron chi connectivity index (χ3n) is 2.54. The zero-order valence-electron chi connectivity index (χ0n) is 10.9. The van der Waals surface area contributed by atoms with E-state index in [9.17, 15) is 4.79 Å². The Morgan fingerprint density at radius 3 is 2.65 bits per heavy atom. The monoisotopic (exact) mass is 307 g/mol. The second kappa shape index (κ2) is 7.22. The van der Waals surface area contributed by atoms with Crippen LogP contribution in [0.2, 0.25) is 5.02 Å². The number of hydrogen-bond donors (Lipinski definition) is 1. The van der Waals surface area contributed by atoms with Crippen molar-refractivity contribution < 1.29 is 9.53 Å². The number of halogens is 1. The first-order chi connectivity index (χ1) is 9.67. The Morgan fingerprint density at radius 1 is 1.25 bits per heavy atom. The second-order valence-corrected chi connectivity index (χ2v) is 5.51. The van der Waals surface area contributed by atoms with Gasteiger partial charge in [-0.3, -0.25) is 4.79 Å². The number of rotatable bonds is 5. The van der Waals surface area contributed by atoms with Gasteiger partial charge in [0.2, 0.25) is 5.91 Å². The zero-order chi connectivity index (χ0) is 14.4. The summed E-state index contributed by atoms with van der Waals surface area (Å²) >= 11 is 7.34. The summed E-state index contributed by atoms with van der Waals surface area (Å²) in [5.74, 6) is 1.04. The molecule has 0 saturated carbocycles. The molecule has 0 aliphatic carbocycles. The van der Waals surface area contributed by atoms with Crippen molar-refractivity contribution in [2.24, 2.45) is 0 Å². The summed E-state index contributed by atoms with van der Waals surface area (Å²) in [6, 6.07) is 14.7. The van der Waals surface area contributed by atoms with E-state index in [0.29, 0.717) is 10.8 Å². The van der Waals surface area contributed by atoms with Gasteiger partial charge in [0.05, 0.1) is 12.9 Å². The predicted molar refractivity (Wildman–Crippen MR) is 83.8 cm³/mol. The van der Waals surface area contributed by atoms with Crippen LogP contribution in [0.5, 0.6) is 5.75 Å². The maximum Gasteiger partial charge on any atom is 0.234 e. The third-order valence-corrected chi connectivity index (χ3v) is 3.77. The number of nitrogens with one attached hydrogen (secondary N) is 1. The van der Waals surface area contributed by atoms with E-state index in [1.165, 1.54) is 11.8 Å². The van der Waals surface area contributed by atoms with Crippen molar-refractivity contribution in [3.63, 3.8) is 0 Å². The van der Waals surface area contributed by atoms with Gasteiger partial charge in [0, 0.05) is 15.6 Å². The van der Waals surface area contributed by atoms with Gasteiger partial charge in [0.25, 0.3) is 0 Å². The fourth-order valence-corrected chi connectivity index (χ4v) is 2.59. The van der Waals surface area contributed by atoms with Crippen LogP contribution in [-0.2, 0) is 4.79 Å². The quantitative estimate of drug-likeness (QED) is 0.846. The summed E-state index contributed by atoms with van der Waals surface area (Å²) < 4.78 is 5.06. The van der Waals surface area contributed by atoms with Gasteiger partial charge in [-0.25, -0.2) is 0 Å². The van der Waals surface area contributed by atoms with Gasteiger partial charge in [-0.05, 0) is 42.5 Å². The standard InChI is InChI=1S/C15H14ClNO2S/c1-19-13-7-5-12(6-8-13)17-15(18)10-20-14-4-2-3-11(16)9-14/h2-9H,10H2,1H3,(H,17,18). The number of methoxy groups -OCH3 is 1. The molecule has 1 amide bonds. The van der Waals surface area contributed by atoms with E-state index in [1.807, 2.05) is 24.3 Å². The molecule has 0 aromatic heterocycles. The van der Waals surface area contributed by atoms with E-state index in [2.05, 4.69) is 5.32 Å². The second-order valence-electron chi connectivity index (χ2n) is 4.02. The van der Waals surface area contributed by atoms with Crippen molar-refractivity contribution in [3.8, 4) is 5.75 Å². The molecule has 104 valence electrons. The average molecular weight is 308 g/mol. The number of hydrogen-bond acceptors (Lipinski definition) is 3. The van der Waals surface area contributed by atoms with Gasteiger partial charge < -0.3 is 10.1 Å². The van der Waals surface area contributed by atoms with Crippen molar-refractivity contribution in [1.82, 2.24) is 0 Å². The summed E-state index contributed by atoms with van der Waals surface area (Å²) in [6.07, 6.45) is 0. The first-order valence-corrected chi connectivity index (χ1v) is 7.36. The van der Waals surface area contributed by atoms with Crippen LogP contribution < -0.4 is 10.1 Å². The number of anilines is 1. The lowest BCUT2D eigenvalue weighted by Crippen LogP contribution is -2.13. The molecule has 3 nitrogen and oxygen atoms in total. The van der Waals surface area contributed by atoms with Crippen molar-refractivity contribution in [1.29, 1.82) is 0 Å². The average Bonchev–Trinajstić information content (AvgIpc) is 2.46. The minimum atomic E-state index is -0.0554. The van der Waals surface area contributed by atoms with Crippen LogP contribution in [0.3, 0.4) is 0 Å². The normalized spacial score (nSPS) is 10.1. The third kappa shape index (κ3) is 4.47. The van der Waals surface area contributed by atoms with Crippen LogP contribution in [0.1, 0.15) is 0 Å². The number of benzene rings is 2. The van der Waals surface area contributed by atoms with E-state index in [4.69, 9.17) is 16.3 Å². The van der Waals surface area contributed by atoms with Crippen molar-refractivity contribution >= 4 is 35.0 Å². The van der Waals surface area contributed by atoms with Gasteiger partial charge in [-0.15, -0.1) is 11.8 Å². The van der Waals surface area contributed by atoms with Crippen LogP contribution in [0.25, 0.3) is 0 Å². The van der Waals surface area contributed by atoms with E-state index in [-0.39, 0.29) is 5.91 Å². The first kappa shape index (κ1) is 14.8. The molecule has 1 N–H and O–H groups in total. The molecule has 0 aliphatic rings. The minimum absolute atomic E-state index is 0.0554. The van der Waals surface area contributed by atoms with Gasteiger partial charge in [-0.2, -0.15) is 0 Å². The van der Waals surface area contributed by atoms with Crippen LogP contribution in [0.4, 0.5) is 5.69 Å². The van der Waals surface area contributed by atoms with Crippen LogP contribution >= 0.6 is 23.4 Å². The molecule has 0 bridgehead atoms. The summed E-state index contributed by atoms with van der Waals surface area (Å²) in [5.41, 5.74) is 0.752. The van der Waals surface area contributed by atoms with Gasteiger partial charge in [-0.1, -0.05) is 17.7 Å². The fraction of sp³-hybridized carbons (Fsp3) is 0.133. The van der Waals surface area contributed by atoms with Crippen LogP contribution in [0, 0.1) is 0 Å². The topological polar surface area (TPSA) is 38.3 Å². The number of carbonyl (C=O) groups excluding carboxylic acids is 1. The van der Waals surface area contributed by atoms with E-state index < -0.39 is 0 Å². The summed E-state index contributed by atoms with van der Waals surface area (Å²) in [5, 5.41) is 3.50. The molecule has 5 heteroatoms. The summed E-state index contributed by atoms with van der Waals surface area (Å²) in [7, 11) is 1.61. The highest BCUT2D eigenvalue weighted by Crippen LogP contribution is 2.22. The van der Waals surface area contributed by atoms with Gasteiger partial charge >= 0.3 is 0 Å². The molecule has 2 aromatic rings. The number of carbonyl (C=O) groups is 1. The van der Waals surface area contributed by atoms with Crippen molar-refractivity contribution in [2.75, 3.05) is 18.2 Å². The predicted octanol–water partition coefficient (Wildman–Crippen LogP) is 4.08. The molecule has 20 heavy (non-hydrogen) atoms. The molecular weight excluding hydrogens is 294 g/mol. The van der Waals surface area contributed by atoms with Crippen LogP contribution in [-0.4, -0.2) is 18.8 Å². The van der Waals surface area contributed by atoms with Crippen molar-refractivity contribution in [2.45, 2.75) is 4.90 Å². The largest absolute Gasteiger partial charge is 0.497 e. The lowest BCUT2D eigenvalue weighted by atomic mass is 10.3. The number of ether oxygens (including phenoxy) is 1. The summed E-state index contributed by atoms with van der Waals surface area (Å²) in [6.45, 7) is 0. The lowest BCUT2D eigenvalue weighted by Gasteiger charge is -2.06. The Labute approximate surface area is 127 Å². The fourth-order valence-electron chi connectivity index (χ4n) is 1.58. The molecule has 2 aromatic carbocycles. The Balaban J connectivity index is 1.85. The molecule has 0 heterocycles. The number of thioether (sulfide) groups is 1. The molecule has 0 spiro atoms. The van der Waals surface area contributed by atoms with Crippen molar-refractivity contribution in [3.05, 3.63) is 53.6 Å². The smallest absolute Gasteiger partial charge is 0.234 e. The first-order valence-electron chi connectivity index (χ1n) is 5.99. The SMILES string of the molecule is COc1ccc(NC(=O)CSc2cccc(Cl)c2)cc1. The maximum absolute atomic E-state index is 11.8. The van der Waals surface area contributed by atoms with E-state index in [1.54, 1.807) is 31.4 Å². The molecule has 0 fully saturated rings. The highest BCUT2D eigenvalue weighted by Gasteiger charge is 2.04. The highest BCUT2D eigenvalue weighted by molar-refractivity contribution is 8.00. The zero-order valence-corrected chi connectivity index (χ0v) is 12.5. The van der Waals surface area contributed by atoms with E-state index in [0.717, 1.165) is 16.3 Å². The van der Waals surface area contributed by atoms with E-state index >= 15 is 0 Å². The number of amides is 1. The molecule has 0 unspecified atom stereocenters. The summed E-state index contributed by atoms with van der Waals surface area (Å²) in [4.78, 5) is 12.8. The Morgan fingerprint density at radius 2 is 2.00 bits per heavy atom. The Hall–Kier alpha value is -1.65. The highest BCUT2D eigenvalue weighted by atomic mass is 35.5. The minimum Gasteiger partial charge on any atom is -0.497 e. The molecule has 2 rings (SSSR count). The lowest BCUT2D eigenvalue weighted by molar-refractivity contribution is -0.113. The maximum atomic E-state index is 11.8. The Kier molecular flexibility index (Phi) is 5.32. The van der Waals surface area contributed by atoms with Crippen LogP contribution in [0.15, 0.2) is 53.4 Å². The molecule has 0 atom stereocenters. The molecule has 0 aliphatic heterocycles. The Bertz CT molecular complexity index is 587. The molecular formula is C15H14ClNO2S. The van der Waals surface area contributed by atoms with Gasteiger partial charge in [0.15, 0.2) is 0 Å². The molecule has 0 saturated heterocycles. The van der Waals surface area contributed by atoms with Gasteiger partial charge in [0.1, 0.15) is 5.75 Å². The molecule has 0 radical (unpaired) electrons.